The van der Waals surface area contributed by atoms with Crippen molar-refractivity contribution >= 4 is 5.97 Å². The molecule has 0 aliphatic rings. The molecule has 2 nitrogen and oxygen atoms in total. The molecule has 0 saturated carbocycles. The van der Waals surface area contributed by atoms with Crippen LogP contribution in [0.3, 0.4) is 0 Å². The first-order chi connectivity index (χ1) is 5.13. The van der Waals surface area contributed by atoms with Crippen LogP contribution in [0.25, 0.3) is 0 Å². The van der Waals surface area contributed by atoms with Crippen molar-refractivity contribution in [3.05, 3.63) is 11.6 Å². The number of rotatable bonds is 3. The minimum Gasteiger partial charge on any atom is -0.463 e. The minimum atomic E-state index is -0.190. The monoisotopic (exact) mass is 156 g/mol. The summed E-state index contributed by atoms with van der Waals surface area (Å²) >= 11 is 0. The van der Waals surface area contributed by atoms with Gasteiger partial charge in [0.15, 0.2) is 0 Å². The van der Waals surface area contributed by atoms with E-state index in [4.69, 9.17) is 4.74 Å². The summed E-state index contributed by atoms with van der Waals surface area (Å²) in [6, 6.07) is 0. The average molecular weight is 156 g/mol. The molecule has 64 valence electrons. The highest BCUT2D eigenvalue weighted by Gasteiger charge is 2.12. The lowest BCUT2D eigenvalue weighted by atomic mass is 10.0. The number of hydrogen-bond donors (Lipinski definition) is 0. The van der Waals surface area contributed by atoms with Gasteiger partial charge < -0.3 is 4.74 Å². The van der Waals surface area contributed by atoms with Gasteiger partial charge in [-0.15, -0.1) is 0 Å². The van der Waals surface area contributed by atoms with E-state index in [2.05, 4.69) is 0 Å². The van der Waals surface area contributed by atoms with Crippen LogP contribution < -0.4 is 0 Å². The van der Waals surface area contributed by atoms with Crippen molar-refractivity contribution in [1.29, 1.82) is 0 Å². The molecule has 0 saturated heterocycles. The summed E-state index contributed by atoms with van der Waals surface area (Å²) in [7, 11) is 0. The Hall–Kier alpha value is -0.790. The Morgan fingerprint density at radius 1 is 1.55 bits per heavy atom. The smallest absolute Gasteiger partial charge is 0.333 e. The molecule has 0 aliphatic heterocycles. The molecule has 11 heavy (non-hydrogen) atoms. The zero-order valence-corrected chi connectivity index (χ0v) is 7.68. The van der Waals surface area contributed by atoms with Gasteiger partial charge in [0.2, 0.25) is 0 Å². The van der Waals surface area contributed by atoms with Crippen LogP contribution in [0.15, 0.2) is 11.6 Å². The van der Waals surface area contributed by atoms with Crippen LogP contribution >= 0.6 is 0 Å². The number of allylic oxidation sites excluding steroid dienone is 1. The van der Waals surface area contributed by atoms with E-state index in [-0.39, 0.29) is 11.9 Å². The number of esters is 1. The van der Waals surface area contributed by atoms with E-state index in [1.165, 1.54) is 0 Å². The third kappa shape index (κ3) is 3.21. The van der Waals surface area contributed by atoms with Crippen molar-refractivity contribution in [1.82, 2.24) is 0 Å². The van der Waals surface area contributed by atoms with Crippen molar-refractivity contribution < 1.29 is 9.53 Å². The summed E-state index contributed by atoms with van der Waals surface area (Å²) in [6.45, 7) is 8.07. The Bertz CT molecular complexity index is 157. The number of carbonyl (C=O) groups is 1. The number of hydrogen-bond acceptors (Lipinski definition) is 2. The Morgan fingerprint density at radius 3 is 2.36 bits per heavy atom. The van der Waals surface area contributed by atoms with Crippen LogP contribution in [0, 0.1) is 5.92 Å². The predicted molar refractivity (Wildman–Crippen MR) is 45.2 cm³/mol. The van der Waals surface area contributed by atoms with Crippen molar-refractivity contribution in [2.75, 3.05) is 6.61 Å². The first-order valence-corrected chi connectivity index (χ1v) is 3.96. The summed E-state index contributed by atoms with van der Waals surface area (Å²) in [5, 5.41) is 0. The zero-order chi connectivity index (χ0) is 8.85. The summed E-state index contributed by atoms with van der Waals surface area (Å²) in [4.78, 5) is 11.1. The fraction of sp³-hybridized carbons (Fsp3) is 0.667. The van der Waals surface area contributed by atoms with Crippen LogP contribution in [0.1, 0.15) is 27.7 Å². The molecule has 0 aromatic rings. The molecule has 0 spiro atoms. The van der Waals surface area contributed by atoms with E-state index in [1.807, 2.05) is 33.8 Å². The van der Waals surface area contributed by atoms with Gasteiger partial charge in [-0.1, -0.05) is 19.9 Å². The van der Waals surface area contributed by atoms with Crippen molar-refractivity contribution in [2.24, 2.45) is 5.92 Å². The maximum Gasteiger partial charge on any atom is 0.333 e. The van der Waals surface area contributed by atoms with Crippen molar-refractivity contribution in [3.8, 4) is 0 Å². The lowest BCUT2D eigenvalue weighted by Gasteiger charge is -2.08. The SMILES string of the molecule is C/C=C(\C(=O)OCC)C(C)C. The molecule has 0 bridgehead atoms. The molecule has 2 heteroatoms. The van der Waals surface area contributed by atoms with Crippen LogP contribution in [-0.4, -0.2) is 12.6 Å². The van der Waals surface area contributed by atoms with Crippen LogP contribution in [0.4, 0.5) is 0 Å². The highest BCUT2D eigenvalue weighted by molar-refractivity contribution is 5.88. The average Bonchev–Trinajstić information content (AvgIpc) is 1.88. The van der Waals surface area contributed by atoms with E-state index in [0.717, 1.165) is 5.57 Å². The molecular formula is C9H16O2. The maximum atomic E-state index is 11.1. The first-order valence-electron chi connectivity index (χ1n) is 3.96. The molecule has 0 radical (unpaired) electrons. The third-order valence-electron chi connectivity index (χ3n) is 1.44. The molecule has 0 atom stereocenters. The van der Waals surface area contributed by atoms with Gasteiger partial charge in [0, 0.05) is 5.57 Å². The second-order valence-corrected chi connectivity index (χ2v) is 2.62. The van der Waals surface area contributed by atoms with Gasteiger partial charge in [0.25, 0.3) is 0 Å². The summed E-state index contributed by atoms with van der Waals surface area (Å²) in [6.07, 6.45) is 1.81. The van der Waals surface area contributed by atoms with Crippen molar-refractivity contribution in [2.45, 2.75) is 27.7 Å². The lowest BCUT2D eigenvalue weighted by Crippen LogP contribution is -2.11. The predicted octanol–water partition coefficient (Wildman–Crippen LogP) is 2.15. The molecule has 0 amide bonds. The van der Waals surface area contributed by atoms with Gasteiger partial charge in [0.05, 0.1) is 6.61 Å². The lowest BCUT2D eigenvalue weighted by molar-refractivity contribution is -0.139. The molecule has 0 aromatic carbocycles. The Morgan fingerprint density at radius 2 is 2.09 bits per heavy atom. The van der Waals surface area contributed by atoms with Gasteiger partial charge in [-0.3, -0.25) is 0 Å². The quantitative estimate of drug-likeness (QED) is 0.462. The Balaban J connectivity index is 4.17. The first kappa shape index (κ1) is 10.2. The largest absolute Gasteiger partial charge is 0.463 e. The minimum absolute atomic E-state index is 0.190. The van der Waals surface area contributed by atoms with E-state index in [0.29, 0.717) is 6.61 Å². The Labute approximate surface area is 68.2 Å². The highest BCUT2D eigenvalue weighted by Crippen LogP contribution is 2.10. The normalized spacial score (nSPS) is 11.9. The third-order valence-corrected chi connectivity index (χ3v) is 1.44. The molecular weight excluding hydrogens is 140 g/mol. The van der Waals surface area contributed by atoms with Crippen LogP contribution in [0.2, 0.25) is 0 Å². The second-order valence-electron chi connectivity index (χ2n) is 2.62. The molecule has 0 fully saturated rings. The highest BCUT2D eigenvalue weighted by atomic mass is 16.5. The molecule has 0 aromatic heterocycles. The molecule has 0 aliphatic carbocycles. The number of carbonyl (C=O) groups excluding carboxylic acids is 1. The summed E-state index contributed by atoms with van der Waals surface area (Å²) < 4.78 is 4.85. The maximum absolute atomic E-state index is 11.1. The van der Waals surface area contributed by atoms with E-state index in [9.17, 15) is 4.79 Å². The van der Waals surface area contributed by atoms with Gasteiger partial charge in [-0.05, 0) is 19.8 Å². The Kier molecular flexibility index (Phi) is 4.59. The van der Waals surface area contributed by atoms with Crippen molar-refractivity contribution in [3.63, 3.8) is 0 Å². The molecule has 0 unspecified atom stereocenters. The fourth-order valence-electron chi connectivity index (χ4n) is 0.901. The van der Waals surface area contributed by atoms with E-state index >= 15 is 0 Å². The molecule has 0 N–H and O–H groups in total. The van der Waals surface area contributed by atoms with Gasteiger partial charge in [-0.2, -0.15) is 0 Å². The zero-order valence-electron chi connectivity index (χ0n) is 7.68. The van der Waals surface area contributed by atoms with E-state index in [1.54, 1.807) is 0 Å². The van der Waals surface area contributed by atoms with Gasteiger partial charge in [0.1, 0.15) is 0 Å². The topological polar surface area (TPSA) is 26.3 Å². The molecule has 0 rings (SSSR count). The molecule has 0 heterocycles. The van der Waals surface area contributed by atoms with Gasteiger partial charge >= 0.3 is 5.97 Å². The standard InChI is InChI=1S/C9H16O2/c1-5-8(7(3)4)9(10)11-6-2/h5,7H,6H2,1-4H3/b8-5-. The van der Waals surface area contributed by atoms with Gasteiger partial charge in [-0.25, -0.2) is 4.79 Å². The van der Waals surface area contributed by atoms with E-state index < -0.39 is 0 Å². The summed E-state index contributed by atoms with van der Waals surface area (Å²) in [5.41, 5.74) is 0.756. The number of ether oxygens (including phenoxy) is 1. The summed E-state index contributed by atoms with van der Waals surface area (Å²) in [5.74, 6) is 0.0593. The van der Waals surface area contributed by atoms with Crippen LogP contribution in [-0.2, 0) is 9.53 Å². The second kappa shape index (κ2) is 4.94. The van der Waals surface area contributed by atoms with Crippen LogP contribution in [0.5, 0.6) is 0 Å². The fourth-order valence-corrected chi connectivity index (χ4v) is 0.901.